The van der Waals surface area contributed by atoms with Crippen molar-refractivity contribution in [2.75, 3.05) is 6.54 Å². The highest BCUT2D eigenvalue weighted by Crippen LogP contribution is 2.55. The molecule has 4 saturated carbocycles. The zero-order valence-electron chi connectivity index (χ0n) is 13.3. The van der Waals surface area contributed by atoms with E-state index in [0.717, 1.165) is 36.4 Å². The Morgan fingerprint density at radius 2 is 1.81 bits per heavy atom. The molecule has 2 nitrogen and oxygen atoms in total. The minimum absolute atomic E-state index is 0.461. The first-order valence-electron chi connectivity index (χ1n) is 8.87. The van der Waals surface area contributed by atoms with Crippen LogP contribution in [0.1, 0.15) is 58.3 Å². The molecule has 0 aliphatic heterocycles. The second-order valence-corrected chi connectivity index (χ2v) is 8.01. The van der Waals surface area contributed by atoms with Crippen molar-refractivity contribution in [1.82, 2.24) is 5.32 Å². The third-order valence-corrected chi connectivity index (χ3v) is 6.05. The third-order valence-electron chi connectivity index (χ3n) is 6.05. The lowest BCUT2D eigenvalue weighted by Crippen LogP contribution is -2.59. The van der Waals surface area contributed by atoms with Gasteiger partial charge in [-0.05, 0) is 82.1 Å². The standard InChI is InChI=1S/C19H28N2/c1-14(21-18-5-3-2-4-6-18)13-20-19-10-15-7-16(11-19)9-17(8-15)12-19/h3,5-6,15-17,20H,2,4,7-13H2,1H3. The highest BCUT2D eigenvalue weighted by molar-refractivity contribution is 5.85. The topological polar surface area (TPSA) is 24.4 Å². The molecule has 0 amide bonds. The van der Waals surface area contributed by atoms with Crippen LogP contribution in [-0.2, 0) is 0 Å². The molecule has 0 spiro atoms. The van der Waals surface area contributed by atoms with Gasteiger partial charge >= 0.3 is 0 Å². The molecule has 4 bridgehead atoms. The van der Waals surface area contributed by atoms with Crippen molar-refractivity contribution in [3.8, 4) is 0 Å². The van der Waals surface area contributed by atoms with E-state index in [9.17, 15) is 0 Å². The van der Waals surface area contributed by atoms with Gasteiger partial charge in [0, 0.05) is 17.8 Å². The zero-order chi connectivity index (χ0) is 14.3. The molecule has 114 valence electrons. The fraction of sp³-hybridized carbons (Fsp3) is 0.737. The van der Waals surface area contributed by atoms with Crippen LogP contribution in [0.5, 0.6) is 0 Å². The number of hydrogen-bond donors (Lipinski definition) is 1. The Balaban J connectivity index is 1.39. The quantitative estimate of drug-likeness (QED) is 0.767. The maximum atomic E-state index is 4.78. The van der Waals surface area contributed by atoms with Crippen LogP contribution in [0.25, 0.3) is 0 Å². The van der Waals surface area contributed by atoms with Gasteiger partial charge in [0.05, 0.1) is 5.70 Å². The van der Waals surface area contributed by atoms with E-state index in [4.69, 9.17) is 4.99 Å². The first-order chi connectivity index (χ1) is 10.2. The van der Waals surface area contributed by atoms with Crippen LogP contribution in [0.3, 0.4) is 0 Å². The van der Waals surface area contributed by atoms with Gasteiger partial charge < -0.3 is 5.32 Å². The van der Waals surface area contributed by atoms with Crippen molar-refractivity contribution in [3.63, 3.8) is 0 Å². The Morgan fingerprint density at radius 3 is 2.38 bits per heavy atom. The van der Waals surface area contributed by atoms with Crippen LogP contribution >= 0.6 is 0 Å². The Bertz CT molecular complexity index is 462. The predicted octanol–water partition coefficient (Wildman–Crippen LogP) is 4.24. The highest BCUT2D eigenvalue weighted by atomic mass is 15.0. The average Bonchev–Trinajstić information content (AvgIpc) is 2.45. The van der Waals surface area contributed by atoms with Gasteiger partial charge in [-0.25, -0.2) is 0 Å². The van der Waals surface area contributed by atoms with E-state index in [-0.39, 0.29) is 0 Å². The Hall–Kier alpha value is -0.890. The summed E-state index contributed by atoms with van der Waals surface area (Å²) in [6, 6.07) is 0. The van der Waals surface area contributed by atoms with Crippen molar-refractivity contribution in [3.05, 3.63) is 23.9 Å². The van der Waals surface area contributed by atoms with Crippen molar-refractivity contribution in [2.24, 2.45) is 22.7 Å². The molecule has 4 fully saturated rings. The van der Waals surface area contributed by atoms with E-state index in [2.05, 4.69) is 30.5 Å². The van der Waals surface area contributed by atoms with E-state index in [1.165, 1.54) is 50.7 Å². The molecule has 0 aromatic rings. The van der Waals surface area contributed by atoms with Gasteiger partial charge in [0.15, 0.2) is 0 Å². The van der Waals surface area contributed by atoms with Gasteiger partial charge in [-0.15, -0.1) is 0 Å². The lowest BCUT2D eigenvalue weighted by Gasteiger charge is -2.57. The minimum Gasteiger partial charge on any atom is -0.306 e. The number of aliphatic imine (C=N–C) groups is 1. The fourth-order valence-corrected chi connectivity index (χ4v) is 5.58. The van der Waals surface area contributed by atoms with Gasteiger partial charge in [0.25, 0.3) is 0 Å². The summed E-state index contributed by atoms with van der Waals surface area (Å²) >= 11 is 0. The molecule has 0 heterocycles. The van der Waals surface area contributed by atoms with E-state index in [1.54, 1.807) is 0 Å². The first-order valence-corrected chi connectivity index (χ1v) is 8.87. The van der Waals surface area contributed by atoms with Crippen molar-refractivity contribution >= 4 is 5.71 Å². The van der Waals surface area contributed by atoms with Crippen LogP contribution in [0.2, 0.25) is 0 Å². The van der Waals surface area contributed by atoms with Crippen LogP contribution in [0.4, 0.5) is 0 Å². The van der Waals surface area contributed by atoms with Crippen molar-refractivity contribution < 1.29 is 0 Å². The highest BCUT2D eigenvalue weighted by Gasteiger charge is 2.50. The van der Waals surface area contributed by atoms with E-state index < -0.39 is 0 Å². The second-order valence-electron chi connectivity index (χ2n) is 8.01. The Morgan fingerprint density at radius 1 is 1.14 bits per heavy atom. The smallest absolute Gasteiger partial charge is 0.0586 e. The van der Waals surface area contributed by atoms with E-state index >= 15 is 0 Å². The van der Waals surface area contributed by atoms with Gasteiger partial charge in [-0.3, -0.25) is 4.99 Å². The lowest BCUT2D eigenvalue weighted by molar-refractivity contribution is -0.0173. The normalized spacial score (nSPS) is 41.5. The summed E-state index contributed by atoms with van der Waals surface area (Å²) in [5.74, 6) is 3.06. The molecule has 5 aliphatic carbocycles. The molecule has 21 heavy (non-hydrogen) atoms. The Labute approximate surface area is 128 Å². The SMILES string of the molecule is CC(CNC12CC3CC(CC(C3)C1)C2)=NC1=CCCC=C1. The summed E-state index contributed by atoms with van der Waals surface area (Å²) in [7, 11) is 0. The summed E-state index contributed by atoms with van der Waals surface area (Å²) in [6.07, 6.45) is 17.8. The van der Waals surface area contributed by atoms with E-state index in [0.29, 0.717) is 5.54 Å². The summed E-state index contributed by atoms with van der Waals surface area (Å²) in [5, 5.41) is 3.93. The van der Waals surface area contributed by atoms with Gasteiger partial charge in [0.1, 0.15) is 0 Å². The number of nitrogens with one attached hydrogen (secondary N) is 1. The minimum atomic E-state index is 0.461. The van der Waals surface area contributed by atoms with Crippen LogP contribution in [-0.4, -0.2) is 17.8 Å². The summed E-state index contributed by atoms with van der Waals surface area (Å²) < 4.78 is 0. The molecule has 0 saturated heterocycles. The number of rotatable bonds is 4. The molecule has 5 aliphatic rings. The van der Waals surface area contributed by atoms with Gasteiger partial charge in [0.2, 0.25) is 0 Å². The van der Waals surface area contributed by atoms with Gasteiger partial charge in [-0.1, -0.05) is 12.2 Å². The van der Waals surface area contributed by atoms with E-state index in [1.807, 2.05) is 0 Å². The molecular formula is C19H28N2. The molecule has 2 heteroatoms. The Kier molecular flexibility index (Phi) is 3.53. The number of hydrogen-bond acceptors (Lipinski definition) is 2. The molecule has 5 rings (SSSR count). The maximum Gasteiger partial charge on any atom is 0.0586 e. The zero-order valence-corrected chi connectivity index (χ0v) is 13.3. The first kappa shape index (κ1) is 13.8. The summed E-state index contributed by atoms with van der Waals surface area (Å²) in [6.45, 7) is 3.15. The second kappa shape index (κ2) is 5.39. The molecule has 0 aromatic carbocycles. The largest absolute Gasteiger partial charge is 0.306 e. The summed E-state index contributed by atoms with van der Waals surface area (Å²) in [5.41, 5.74) is 2.86. The number of nitrogens with zero attached hydrogens (tertiary/aromatic N) is 1. The van der Waals surface area contributed by atoms with Crippen LogP contribution in [0.15, 0.2) is 28.9 Å². The van der Waals surface area contributed by atoms with Gasteiger partial charge in [-0.2, -0.15) is 0 Å². The molecule has 0 unspecified atom stereocenters. The van der Waals surface area contributed by atoms with Crippen molar-refractivity contribution in [1.29, 1.82) is 0 Å². The molecule has 0 aromatic heterocycles. The third kappa shape index (κ3) is 2.88. The predicted molar refractivity (Wildman–Crippen MR) is 88.5 cm³/mol. The molecular weight excluding hydrogens is 256 g/mol. The monoisotopic (exact) mass is 284 g/mol. The van der Waals surface area contributed by atoms with Crippen LogP contribution in [0, 0.1) is 17.8 Å². The van der Waals surface area contributed by atoms with Crippen molar-refractivity contribution in [2.45, 2.75) is 63.8 Å². The molecule has 0 atom stereocenters. The summed E-state index contributed by atoms with van der Waals surface area (Å²) in [4.78, 5) is 4.78. The lowest BCUT2D eigenvalue weighted by atomic mass is 9.53. The number of allylic oxidation sites excluding steroid dienone is 3. The maximum absolute atomic E-state index is 4.78. The molecule has 0 radical (unpaired) electrons. The van der Waals surface area contributed by atoms with Crippen LogP contribution < -0.4 is 5.32 Å². The fourth-order valence-electron chi connectivity index (χ4n) is 5.58. The average molecular weight is 284 g/mol. The molecule has 1 N–H and O–H groups in total.